The summed E-state index contributed by atoms with van der Waals surface area (Å²) in [6.07, 6.45) is 3.89. The largest absolute Gasteiger partial charge is 0.330 e. The van der Waals surface area contributed by atoms with Crippen LogP contribution in [-0.2, 0) is 0 Å². The van der Waals surface area contributed by atoms with Crippen LogP contribution >= 0.6 is 0 Å². The van der Waals surface area contributed by atoms with Crippen LogP contribution in [0.3, 0.4) is 0 Å². The molecule has 1 aliphatic rings. The lowest BCUT2D eigenvalue weighted by Gasteiger charge is -2.45. The zero-order chi connectivity index (χ0) is 11.5. The molecule has 0 radical (unpaired) electrons. The van der Waals surface area contributed by atoms with Crippen LogP contribution in [0, 0.1) is 11.3 Å². The average molecular weight is 212 g/mol. The molecule has 0 aromatic rings. The molecule has 0 aromatic heterocycles. The minimum atomic E-state index is 0.445. The predicted octanol–water partition coefficient (Wildman–Crippen LogP) is 2.48. The Morgan fingerprint density at radius 3 is 2.53 bits per heavy atom. The Balaban J connectivity index is 2.55. The second-order valence-corrected chi connectivity index (χ2v) is 6.03. The third-order valence-electron chi connectivity index (χ3n) is 3.88. The number of hydrogen-bond acceptors (Lipinski definition) is 2. The van der Waals surface area contributed by atoms with Gasteiger partial charge in [-0.15, -0.1) is 0 Å². The van der Waals surface area contributed by atoms with E-state index in [1.54, 1.807) is 0 Å². The topological polar surface area (TPSA) is 29.3 Å². The summed E-state index contributed by atoms with van der Waals surface area (Å²) >= 11 is 0. The summed E-state index contributed by atoms with van der Waals surface area (Å²) in [6.45, 7) is 12.8. The van der Waals surface area contributed by atoms with Crippen molar-refractivity contribution in [3.8, 4) is 0 Å². The van der Waals surface area contributed by atoms with Gasteiger partial charge in [-0.3, -0.25) is 0 Å². The standard InChI is InChI=1S/C13H28N2/c1-11-12(13(2,3)4)7-5-9-15(11)10-6-8-14/h11-12H,5-10,14H2,1-4H3/t11-,12-/m1/s1. The second kappa shape index (κ2) is 5.31. The van der Waals surface area contributed by atoms with Gasteiger partial charge in [0.2, 0.25) is 0 Å². The van der Waals surface area contributed by atoms with Crippen LogP contribution in [0.5, 0.6) is 0 Å². The zero-order valence-electron chi connectivity index (χ0n) is 10.9. The Morgan fingerprint density at radius 2 is 2.00 bits per heavy atom. The summed E-state index contributed by atoms with van der Waals surface area (Å²) in [5.41, 5.74) is 6.03. The van der Waals surface area contributed by atoms with E-state index in [1.807, 2.05) is 0 Å². The monoisotopic (exact) mass is 212 g/mol. The highest BCUT2D eigenvalue weighted by molar-refractivity contribution is 4.87. The molecule has 0 spiro atoms. The van der Waals surface area contributed by atoms with Crippen LogP contribution in [-0.4, -0.2) is 30.6 Å². The van der Waals surface area contributed by atoms with Gasteiger partial charge in [-0.1, -0.05) is 20.8 Å². The molecule has 0 saturated carbocycles. The van der Waals surface area contributed by atoms with Gasteiger partial charge in [0.15, 0.2) is 0 Å². The first-order valence-electron chi connectivity index (χ1n) is 6.41. The Morgan fingerprint density at radius 1 is 1.33 bits per heavy atom. The fourth-order valence-electron chi connectivity index (χ4n) is 2.98. The van der Waals surface area contributed by atoms with E-state index in [1.165, 1.54) is 25.9 Å². The van der Waals surface area contributed by atoms with Crippen LogP contribution in [0.2, 0.25) is 0 Å². The summed E-state index contributed by atoms with van der Waals surface area (Å²) in [7, 11) is 0. The van der Waals surface area contributed by atoms with E-state index >= 15 is 0 Å². The second-order valence-electron chi connectivity index (χ2n) is 6.03. The van der Waals surface area contributed by atoms with Crippen molar-refractivity contribution in [2.75, 3.05) is 19.6 Å². The third kappa shape index (κ3) is 3.46. The van der Waals surface area contributed by atoms with Crippen molar-refractivity contribution in [3.63, 3.8) is 0 Å². The van der Waals surface area contributed by atoms with E-state index in [0.29, 0.717) is 5.41 Å². The van der Waals surface area contributed by atoms with E-state index in [-0.39, 0.29) is 0 Å². The lowest BCUT2D eigenvalue weighted by atomic mass is 9.72. The van der Waals surface area contributed by atoms with Gasteiger partial charge in [-0.05, 0) is 57.2 Å². The first-order valence-corrected chi connectivity index (χ1v) is 6.41. The molecule has 2 N–H and O–H groups in total. The van der Waals surface area contributed by atoms with Crippen molar-refractivity contribution in [2.45, 2.75) is 53.0 Å². The van der Waals surface area contributed by atoms with Gasteiger partial charge in [0, 0.05) is 6.04 Å². The van der Waals surface area contributed by atoms with Crippen molar-refractivity contribution in [2.24, 2.45) is 17.1 Å². The molecule has 0 unspecified atom stereocenters. The molecular formula is C13H28N2. The molecule has 90 valence electrons. The van der Waals surface area contributed by atoms with Gasteiger partial charge in [-0.25, -0.2) is 0 Å². The molecule has 15 heavy (non-hydrogen) atoms. The molecule has 1 saturated heterocycles. The SMILES string of the molecule is C[C@@H]1[C@H](C(C)(C)C)CCCN1CCCN. The van der Waals surface area contributed by atoms with Gasteiger partial charge in [-0.2, -0.15) is 0 Å². The van der Waals surface area contributed by atoms with E-state index < -0.39 is 0 Å². The molecule has 1 rings (SSSR count). The molecule has 2 heteroatoms. The smallest absolute Gasteiger partial charge is 0.0100 e. The molecule has 0 bridgehead atoms. The highest BCUT2D eigenvalue weighted by Crippen LogP contribution is 2.37. The number of rotatable bonds is 3. The highest BCUT2D eigenvalue weighted by Gasteiger charge is 2.35. The number of nitrogens with zero attached hydrogens (tertiary/aromatic N) is 1. The van der Waals surface area contributed by atoms with Crippen molar-refractivity contribution in [3.05, 3.63) is 0 Å². The van der Waals surface area contributed by atoms with Crippen molar-refractivity contribution >= 4 is 0 Å². The van der Waals surface area contributed by atoms with Gasteiger partial charge >= 0.3 is 0 Å². The minimum Gasteiger partial charge on any atom is -0.330 e. The van der Waals surface area contributed by atoms with Gasteiger partial charge in [0.05, 0.1) is 0 Å². The summed E-state index contributed by atoms with van der Waals surface area (Å²) in [5.74, 6) is 0.837. The summed E-state index contributed by atoms with van der Waals surface area (Å²) in [6, 6.07) is 0.727. The average Bonchev–Trinajstić information content (AvgIpc) is 2.14. The quantitative estimate of drug-likeness (QED) is 0.779. The Labute approximate surface area is 95.2 Å². The molecule has 0 amide bonds. The first kappa shape index (κ1) is 13.0. The molecule has 1 fully saturated rings. The maximum atomic E-state index is 5.58. The van der Waals surface area contributed by atoms with Crippen molar-refractivity contribution in [1.82, 2.24) is 4.90 Å². The van der Waals surface area contributed by atoms with Crippen molar-refractivity contribution < 1.29 is 0 Å². The zero-order valence-corrected chi connectivity index (χ0v) is 10.9. The van der Waals surface area contributed by atoms with Crippen LogP contribution in [0.15, 0.2) is 0 Å². The third-order valence-corrected chi connectivity index (χ3v) is 3.88. The molecule has 0 aromatic carbocycles. The lowest BCUT2D eigenvalue weighted by molar-refractivity contribution is 0.0415. The molecular weight excluding hydrogens is 184 g/mol. The summed E-state index contributed by atoms with van der Waals surface area (Å²) in [5, 5.41) is 0. The van der Waals surface area contributed by atoms with Crippen LogP contribution in [0.4, 0.5) is 0 Å². The van der Waals surface area contributed by atoms with Gasteiger partial charge < -0.3 is 10.6 Å². The van der Waals surface area contributed by atoms with E-state index in [9.17, 15) is 0 Å². The summed E-state index contributed by atoms with van der Waals surface area (Å²) < 4.78 is 0. The fraction of sp³-hybridized carbons (Fsp3) is 1.00. The van der Waals surface area contributed by atoms with E-state index in [4.69, 9.17) is 5.73 Å². The molecule has 1 aliphatic heterocycles. The number of hydrogen-bond donors (Lipinski definition) is 1. The number of likely N-dealkylation sites (tertiary alicyclic amines) is 1. The first-order chi connectivity index (χ1) is 6.96. The van der Waals surface area contributed by atoms with Crippen molar-refractivity contribution in [1.29, 1.82) is 0 Å². The molecule has 2 nitrogen and oxygen atoms in total. The number of nitrogens with two attached hydrogens (primary N) is 1. The minimum absolute atomic E-state index is 0.445. The van der Waals surface area contributed by atoms with Crippen LogP contribution < -0.4 is 5.73 Å². The normalized spacial score (nSPS) is 29.4. The Kier molecular flexibility index (Phi) is 4.60. The van der Waals surface area contributed by atoms with Crippen LogP contribution in [0.25, 0.3) is 0 Å². The van der Waals surface area contributed by atoms with Gasteiger partial charge in [0.25, 0.3) is 0 Å². The maximum absolute atomic E-state index is 5.58. The van der Waals surface area contributed by atoms with E-state index in [2.05, 4.69) is 32.6 Å². The Bertz CT molecular complexity index is 183. The molecule has 1 heterocycles. The fourth-order valence-corrected chi connectivity index (χ4v) is 2.98. The van der Waals surface area contributed by atoms with Gasteiger partial charge in [0.1, 0.15) is 0 Å². The summed E-state index contributed by atoms with van der Waals surface area (Å²) in [4.78, 5) is 2.63. The number of piperidine rings is 1. The van der Waals surface area contributed by atoms with Crippen LogP contribution in [0.1, 0.15) is 47.0 Å². The highest BCUT2D eigenvalue weighted by atomic mass is 15.2. The molecule has 0 aliphatic carbocycles. The molecule has 2 atom stereocenters. The lowest BCUT2D eigenvalue weighted by Crippen LogP contribution is -2.48. The Hall–Kier alpha value is -0.0800. The maximum Gasteiger partial charge on any atom is 0.0100 e. The predicted molar refractivity (Wildman–Crippen MR) is 66.9 cm³/mol. The van der Waals surface area contributed by atoms with E-state index in [0.717, 1.165) is 24.9 Å².